The number of benzene rings is 3. The summed E-state index contributed by atoms with van der Waals surface area (Å²) in [4.78, 5) is 39.0. The molecule has 45 heavy (non-hydrogen) atoms. The molecule has 0 bridgehead atoms. The van der Waals surface area contributed by atoms with E-state index in [4.69, 9.17) is 14.2 Å². The van der Waals surface area contributed by atoms with E-state index < -0.39 is 23.3 Å². The van der Waals surface area contributed by atoms with Gasteiger partial charge in [0.25, 0.3) is 5.91 Å². The highest BCUT2D eigenvalue weighted by Crippen LogP contribution is 2.40. The van der Waals surface area contributed by atoms with Crippen LogP contribution in [0.15, 0.2) is 54.6 Å². The van der Waals surface area contributed by atoms with Crippen molar-refractivity contribution in [3.05, 3.63) is 99.9 Å². The lowest BCUT2D eigenvalue weighted by Gasteiger charge is -2.30. The van der Waals surface area contributed by atoms with E-state index in [0.29, 0.717) is 35.0 Å². The van der Waals surface area contributed by atoms with E-state index in [1.54, 1.807) is 29.0 Å². The van der Waals surface area contributed by atoms with Crippen LogP contribution in [0.2, 0.25) is 0 Å². The maximum atomic E-state index is 14.9. The first kappa shape index (κ1) is 30.0. The molecule has 2 aliphatic rings. The van der Waals surface area contributed by atoms with E-state index in [1.807, 2.05) is 38.1 Å². The first-order valence-corrected chi connectivity index (χ1v) is 14.4. The van der Waals surface area contributed by atoms with Crippen molar-refractivity contribution in [2.24, 2.45) is 0 Å². The first-order chi connectivity index (χ1) is 21.5. The van der Waals surface area contributed by atoms with Crippen molar-refractivity contribution in [3.8, 4) is 22.9 Å². The zero-order valence-electron chi connectivity index (χ0n) is 25.6. The second-order valence-corrected chi connectivity index (χ2v) is 11.7. The topological polar surface area (TPSA) is 94.1 Å². The van der Waals surface area contributed by atoms with E-state index in [-0.39, 0.29) is 42.4 Å². The van der Waals surface area contributed by atoms with Gasteiger partial charge in [-0.25, -0.2) is 23.5 Å². The Kier molecular flexibility index (Phi) is 7.64. The molecule has 2 aliphatic heterocycles. The van der Waals surface area contributed by atoms with Gasteiger partial charge in [0.05, 0.1) is 62.6 Å². The summed E-state index contributed by atoms with van der Waals surface area (Å²) in [5.41, 5.74) is 3.30. The van der Waals surface area contributed by atoms with Crippen molar-refractivity contribution in [3.63, 3.8) is 0 Å². The third-order valence-electron chi connectivity index (χ3n) is 8.29. The Hall–Kier alpha value is -5.06. The molecular weight excluding hydrogens is 582 g/mol. The number of halogens is 2. The molecule has 4 aromatic rings. The standard InChI is InChI=1S/C34H32F2N4O5/c1-34(2)16-20-10-9-19(14-27(20)40(34)33(42)45-5)13-25-30-26(38-31(37-25)29-23(35)7-6-8-24(29)36)18-39(32(30)41)17-21-11-12-22(43-3)15-28(21)44-4/h6-12,14-15H,13,16-18H2,1-5H3. The summed E-state index contributed by atoms with van der Waals surface area (Å²) in [6, 6.07) is 14.6. The number of amides is 2. The fourth-order valence-corrected chi connectivity index (χ4v) is 6.18. The summed E-state index contributed by atoms with van der Waals surface area (Å²) in [5.74, 6) is -0.905. The number of hydrogen-bond acceptors (Lipinski definition) is 7. The first-order valence-electron chi connectivity index (χ1n) is 14.4. The third-order valence-corrected chi connectivity index (χ3v) is 8.29. The van der Waals surface area contributed by atoms with Crippen molar-refractivity contribution in [1.29, 1.82) is 0 Å². The predicted octanol–water partition coefficient (Wildman–Crippen LogP) is 6.09. The van der Waals surface area contributed by atoms with Crippen LogP contribution in [-0.2, 0) is 30.7 Å². The summed E-state index contributed by atoms with van der Waals surface area (Å²) < 4.78 is 45.8. The number of nitrogens with zero attached hydrogens (tertiary/aromatic N) is 4. The molecule has 0 N–H and O–H groups in total. The molecule has 0 unspecified atom stereocenters. The van der Waals surface area contributed by atoms with Crippen LogP contribution in [0.4, 0.5) is 19.3 Å². The van der Waals surface area contributed by atoms with E-state index in [0.717, 1.165) is 28.8 Å². The minimum Gasteiger partial charge on any atom is -0.497 e. The normalized spacial score (nSPS) is 14.8. The molecule has 0 spiro atoms. The lowest BCUT2D eigenvalue weighted by Crippen LogP contribution is -2.45. The van der Waals surface area contributed by atoms with Crippen LogP contribution in [0.25, 0.3) is 11.4 Å². The molecule has 2 amide bonds. The van der Waals surface area contributed by atoms with E-state index >= 15 is 0 Å². The molecule has 3 heterocycles. The highest BCUT2D eigenvalue weighted by molar-refractivity contribution is 5.99. The zero-order chi connectivity index (χ0) is 32.0. The van der Waals surface area contributed by atoms with Gasteiger partial charge in [0.1, 0.15) is 23.1 Å². The number of carbonyl (C=O) groups is 2. The van der Waals surface area contributed by atoms with E-state index in [1.165, 1.54) is 20.3 Å². The Bertz CT molecular complexity index is 1820. The summed E-state index contributed by atoms with van der Waals surface area (Å²) in [6.07, 6.45) is 0.317. The van der Waals surface area contributed by atoms with Crippen LogP contribution in [-0.4, -0.2) is 53.7 Å². The molecule has 0 saturated heterocycles. The van der Waals surface area contributed by atoms with Crippen LogP contribution in [0.3, 0.4) is 0 Å². The highest BCUT2D eigenvalue weighted by Gasteiger charge is 2.41. The Morgan fingerprint density at radius 2 is 1.71 bits per heavy atom. The second kappa shape index (κ2) is 11.5. The molecule has 0 fully saturated rings. The molecule has 0 saturated carbocycles. The van der Waals surface area contributed by atoms with Gasteiger partial charge in [-0.2, -0.15) is 0 Å². The maximum absolute atomic E-state index is 14.9. The van der Waals surface area contributed by atoms with Gasteiger partial charge in [0.2, 0.25) is 0 Å². The zero-order valence-corrected chi connectivity index (χ0v) is 25.6. The molecule has 0 aliphatic carbocycles. The Morgan fingerprint density at radius 3 is 2.40 bits per heavy atom. The summed E-state index contributed by atoms with van der Waals surface area (Å²) >= 11 is 0. The molecule has 3 aromatic carbocycles. The van der Waals surface area contributed by atoms with Crippen molar-refractivity contribution >= 4 is 17.7 Å². The Balaban J connectivity index is 1.42. The Labute approximate surface area is 259 Å². The minimum atomic E-state index is -0.807. The Morgan fingerprint density at radius 1 is 0.956 bits per heavy atom. The van der Waals surface area contributed by atoms with Crippen LogP contribution < -0.4 is 14.4 Å². The van der Waals surface area contributed by atoms with Crippen molar-refractivity contribution in [2.45, 2.75) is 45.3 Å². The molecular formula is C34H32F2N4O5. The number of hydrogen-bond donors (Lipinski definition) is 0. The number of rotatable bonds is 7. The largest absolute Gasteiger partial charge is 0.497 e. The number of fused-ring (bicyclic) bond motifs is 2. The molecule has 0 radical (unpaired) electrons. The number of ether oxygens (including phenoxy) is 3. The van der Waals surface area contributed by atoms with Crippen LogP contribution in [0.1, 0.15) is 52.3 Å². The van der Waals surface area contributed by atoms with E-state index in [9.17, 15) is 18.4 Å². The molecule has 6 rings (SSSR count). The average Bonchev–Trinajstić information content (AvgIpc) is 3.47. The van der Waals surface area contributed by atoms with Crippen LogP contribution in [0.5, 0.6) is 11.5 Å². The lowest BCUT2D eigenvalue weighted by molar-refractivity contribution is 0.0764. The quantitative estimate of drug-likeness (QED) is 0.249. The molecule has 11 heteroatoms. The predicted molar refractivity (Wildman–Crippen MR) is 162 cm³/mol. The van der Waals surface area contributed by atoms with Gasteiger partial charge in [-0.05, 0) is 61.7 Å². The van der Waals surface area contributed by atoms with Crippen LogP contribution >= 0.6 is 0 Å². The monoisotopic (exact) mass is 614 g/mol. The van der Waals surface area contributed by atoms with Gasteiger partial charge in [-0.1, -0.05) is 18.2 Å². The van der Waals surface area contributed by atoms with Gasteiger partial charge in [-0.3, -0.25) is 9.69 Å². The van der Waals surface area contributed by atoms with Gasteiger partial charge >= 0.3 is 6.09 Å². The highest BCUT2D eigenvalue weighted by atomic mass is 19.1. The summed E-state index contributed by atoms with van der Waals surface area (Å²) in [6.45, 7) is 4.23. The van der Waals surface area contributed by atoms with Gasteiger partial charge in [0.15, 0.2) is 5.82 Å². The average molecular weight is 615 g/mol. The number of anilines is 1. The number of methoxy groups -OCH3 is 3. The van der Waals surface area contributed by atoms with Crippen molar-refractivity contribution in [2.75, 3.05) is 26.2 Å². The lowest BCUT2D eigenvalue weighted by atomic mass is 9.98. The maximum Gasteiger partial charge on any atom is 0.414 e. The van der Waals surface area contributed by atoms with Crippen molar-refractivity contribution in [1.82, 2.24) is 14.9 Å². The van der Waals surface area contributed by atoms with E-state index in [2.05, 4.69) is 9.97 Å². The molecule has 232 valence electrons. The third kappa shape index (κ3) is 5.32. The summed E-state index contributed by atoms with van der Waals surface area (Å²) in [5, 5.41) is 0. The SMILES string of the molecule is COC(=O)N1c2cc(Cc3nc(-c4c(F)cccc4F)nc4c3C(=O)N(Cc3ccc(OC)cc3OC)C4)ccc2CC1(C)C. The fourth-order valence-electron chi connectivity index (χ4n) is 6.18. The molecule has 1 aromatic heterocycles. The number of aromatic nitrogens is 2. The molecule has 9 nitrogen and oxygen atoms in total. The van der Waals surface area contributed by atoms with Gasteiger partial charge < -0.3 is 19.1 Å². The second-order valence-electron chi connectivity index (χ2n) is 11.7. The van der Waals surface area contributed by atoms with Crippen molar-refractivity contribution < 1.29 is 32.6 Å². The number of carbonyl (C=O) groups excluding carboxylic acids is 2. The van der Waals surface area contributed by atoms with Gasteiger partial charge in [-0.15, -0.1) is 0 Å². The van der Waals surface area contributed by atoms with Gasteiger partial charge in [0, 0.05) is 23.6 Å². The minimum absolute atomic E-state index is 0.108. The smallest absolute Gasteiger partial charge is 0.414 e. The van der Waals surface area contributed by atoms with Crippen LogP contribution in [0, 0.1) is 11.6 Å². The fraction of sp³-hybridized carbons (Fsp3) is 0.294. The molecule has 0 atom stereocenters. The summed E-state index contributed by atoms with van der Waals surface area (Å²) in [7, 11) is 4.43.